The van der Waals surface area contributed by atoms with Gasteiger partial charge in [0.05, 0.1) is 0 Å². The SMILES string of the molecule is CC(C)(C)OC(=O)N1CCC2(CC1)CC(N)CS2. The Morgan fingerprint density at radius 1 is 1.39 bits per heavy atom. The number of nitrogens with zero attached hydrogens (tertiary/aromatic N) is 1. The summed E-state index contributed by atoms with van der Waals surface area (Å²) in [6.07, 6.45) is 3.01. The summed E-state index contributed by atoms with van der Waals surface area (Å²) in [6, 6.07) is 0.336. The van der Waals surface area contributed by atoms with Crippen LogP contribution in [0, 0.1) is 0 Å². The van der Waals surface area contributed by atoms with Gasteiger partial charge in [-0.3, -0.25) is 0 Å². The van der Waals surface area contributed by atoms with Crippen LogP contribution in [0.15, 0.2) is 0 Å². The molecule has 2 heterocycles. The lowest BCUT2D eigenvalue weighted by Crippen LogP contribution is -2.46. The van der Waals surface area contributed by atoms with Crippen molar-refractivity contribution in [1.82, 2.24) is 4.90 Å². The summed E-state index contributed by atoms with van der Waals surface area (Å²) in [6.45, 7) is 7.32. The number of hydrogen-bond acceptors (Lipinski definition) is 4. The molecule has 2 saturated heterocycles. The van der Waals surface area contributed by atoms with Crippen LogP contribution in [0.5, 0.6) is 0 Å². The van der Waals surface area contributed by atoms with Crippen LogP contribution in [-0.2, 0) is 4.74 Å². The van der Waals surface area contributed by atoms with Crippen molar-refractivity contribution in [1.29, 1.82) is 0 Å². The fourth-order valence-corrected chi connectivity index (χ4v) is 4.14. The summed E-state index contributed by atoms with van der Waals surface area (Å²) in [5.74, 6) is 1.06. The van der Waals surface area contributed by atoms with E-state index in [1.807, 2.05) is 37.4 Å². The minimum Gasteiger partial charge on any atom is -0.444 e. The average molecular weight is 272 g/mol. The number of thioether (sulfide) groups is 1. The van der Waals surface area contributed by atoms with Gasteiger partial charge >= 0.3 is 6.09 Å². The first-order valence-electron chi connectivity index (χ1n) is 6.67. The van der Waals surface area contributed by atoms with Gasteiger partial charge in [0.15, 0.2) is 0 Å². The minimum atomic E-state index is -0.406. The lowest BCUT2D eigenvalue weighted by molar-refractivity contribution is 0.0196. The highest BCUT2D eigenvalue weighted by atomic mass is 32.2. The maximum Gasteiger partial charge on any atom is 0.410 e. The van der Waals surface area contributed by atoms with Crippen molar-refractivity contribution in [3.05, 3.63) is 0 Å². The number of hydrogen-bond donors (Lipinski definition) is 1. The number of nitrogens with two attached hydrogens (primary N) is 1. The van der Waals surface area contributed by atoms with Gasteiger partial charge in [0.25, 0.3) is 0 Å². The van der Waals surface area contributed by atoms with E-state index in [9.17, 15) is 4.79 Å². The van der Waals surface area contributed by atoms with Gasteiger partial charge in [0.1, 0.15) is 5.60 Å². The zero-order valence-corrected chi connectivity index (χ0v) is 12.4. The molecule has 0 saturated carbocycles. The van der Waals surface area contributed by atoms with Crippen molar-refractivity contribution in [2.75, 3.05) is 18.8 Å². The number of carbonyl (C=O) groups is 1. The number of carbonyl (C=O) groups excluding carboxylic acids is 1. The van der Waals surface area contributed by atoms with E-state index in [0.29, 0.717) is 10.8 Å². The van der Waals surface area contributed by atoms with Gasteiger partial charge in [-0.05, 0) is 40.0 Å². The topological polar surface area (TPSA) is 55.6 Å². The van der Waals surface area contributed by atoms with Crippen molar-refractivity contribution < 1.29 is 9.53 Å². The van der Waals surface area contributed by atoms with E-state index in [0.717, 1.165) is 38.1 Å². The Morgan fingerprint density at radius 3 is 2.44 bits per heavy atom. The number of piperidine rings is 1. The fourth-order valence-electron chi connectivity index (χ4n) is 2.65. The third kappa shape index (κ3) is 3.32. The standard InChI is InChI=1S/C13H24N2O2S/c1-12(2,3)17-11(16)15-6-4-13(5-7-15)8-10(14)9-18-13/h10H,4-9,14H2,1-3H3. The van der Waals surface area contributed by atoms with Gasteiger partial charge in [-0.2, -0.15) is 11.8 Å². The van der Waals surface area contributed by atoms with E-state index in [-0.39, 0.29) is 6.09 Å². The summed E-state index contributed by atoms with van der Waals surface area (Å²) < 4.78 is 5.74. The molecule has 2 aliphatic heterocycles. The summed E-state index contributed by atoms with van der Waals surface area (Å²) in [4.78, 5) is 13.8. The van der Waals surface area contributed by atoms with Crippen molar-refractivity contribution in [3.63, 3.8) is 0 Å². The lowest BCUT2D eigenvalue weighted by Gasteiger charge is -2.39. The van der Waals surface area contributed by atoms with Crippen LogP contribution in [0.1, 0.15) is 40.0 Å². The predicted octanol–water partition coefficient (Wildman–Crippen LogP) is 2.22. The second kappa shape index (κ2) is 4.93. The Morgan fingerprint density at radius 2 is 2.00 bits per heavy atom. The minimum absolute atomic E-state index is 0.176. The second-order valence-corrected chi connectivity index (χ2v) is 7.91. The Kier molecular flexibility index (Phi) is 3.83. The molecule has 2 rings (SSSR count). The van der Waals surface area contributed by atoms with E-state index in [1.165, 1.54) is 0 Å². The molecule has 0 bridgehead atoms. The van der Waals surface area contributed by atoms with Gasteiger partial charge in [0, 0.05) is 29.6 Å². The monoisotopic (exact) mass is 272 g/mol. The summed E-state index contributed by atoms with van der Waals surface area (Å²) in [7, 11) is 0. The highest BCUT2D eigenvalue weighted by Crippen LogP contribution is 2.45. The first kappa shape index (κ1) is 14.0. The Labute approximate surface area is 114 Å². The highest BCUT2D eigenvalue weighted by molar-refractivity contribution is 8.01. The molecular formula is C13H24N2O2S. The molecule has 0 aromatic carbocycles. The Bertz CT molecular complexity index is 319. The molecule has 4 nitrogen and oxygen atoms in total. The zero-order chi connectivity index (χ0) is 13.4. The number of likely N-dealkylation sites (tertiary alicyclic amines) is 1. The van der Waals surface area contributed by atoms with Gasteiger partial charge < -0.3 is 15.4 Å². The first-order valence-corrected chi connectivity index (χ1v) is 7.66. The smallest absolute Gasteiger partial charge is 0.410 e. The van der Waals surface area contributed by atoms with Crippen LogP contribution in [0.3, 0.4) is 0 Å². The molecule has 1 atom stereocenters. The largest absolute Gasteiger partial charge is 0.444 e. The van der Waals surface area contributed by atoms with Gasteiger partial charge in [-0.25, -0.2) is 4.79 Å². The second-order valence-electron chi connectivity index (χ2n) is 6.43. The molecule has 0 radical (unpaired) electrons. The third-order valence-electron chi connectivity index (χ3n) is 3.56. The Hall–Kier alpha value is -0.420. The van der Waals surface area contributed by atoms with Gasteiger partial charge in [-0.15, -0.1) is 0 Å². The van der Waals surface area contributed by atoms with E-state index in [2.05, 4.69) is 0 Å². The highest BCUT2D eigenvalue weighted by Gasteiger charge is 2.42. The molecule has 0 aliphatic carbocycles. The number of rotatable bonds is 0. The molecule has 2 fully saturated rings. The van der Waals surface area contributed by atoms with Crippen LogP contribution < -0.4 is 5.73 Å². The lowest BCUT2D eigenvalue weighted by atomic mass is 9.90. The molecule has 104 valence electrons. The molecule has 2 aliphatic rings. The number of amides is 1. The van der Waals surface area contributed by atoms with Crippen LogP contribution in [0.25, 0.3) is 0 Å². The molecule has 0 aromatic rings. The van der Waals surface area contributed by atoms with Crippen LogP contribution in [0.2, 0.25) is 0 Å². The molecule has 1 spiro atoms. The van der Waals surface area contributed by atoms with Crippen LogP contribution in [-0.4, -0.2) is 46.2 Å². The normalized spacial score (nSPS) is 27.6. The van der Waals surface area contributed by atoms with Crippen molar-refractivity contribution in [2.45, 2.75) is 56.4 Å². The summed E-state index contributed by atoms with van der Waals surface area (Å²) in [5, 5.41) is 0. The molecule has 0 aromatic heterocycles. The summed E-state index contributed by atoms with van der Waals surface area (Å²) >= 11 is 2.00. The number of ether oxygens (including phenoxy) is 1. The maximum atomic E-state index is 12.0. The van der Waals surface area contributed by atoms with Crippen LogP contribution >= 0.6 is 11.8 Å². The van der Waals surface area contributed by atoms with E-state index in [1.54, 1.807) is 0 Å². The quantitative estimate of drug-likeness (QED) is 0.734. The van der Waals surface area contributed by atoms with Gasteiger partial charge in [-0.1, -0.05) is 0 Å². The molecule has 1 amide bonds. The predicted molar refractivity (Wildman–Crippen MR) is 74.8 cm³/mol. The fraction of sp³-hybridized carbons (Fsp3) is 0.923. The van der Waals surface area contributed by atoms with E-state index in [4.69, 9.17) is 10.5 Å². The summed E-state index contributed by atoms with van der Waals surface area (Å²) in [5.41, 5.74) is 5.59. The molecular weight excluding hydrogens is 248 g/mol. The first-order chi connectivity index (χ1) is 8.30. The van der Waals surface area contributed by atoms with Crippen molar-refractivity contribution >= 4 is 17.9 Å². The molecule has 5 heteroatoms. The Balaban J connectivity index is 1.85. The average Bonchev–Trinajstić information content (AvgIpc) is 2.58. The van der Waals surface area contributed by atoms with Crippen molar-refractivity contribution in [2.24, 2.45) is 5.73 Å². The van der Waals surface area contributed by atoms with Gasteiger partial charge in [0.2, 0.25) is 0 Å². The van der Waals surface area contributed by atoms with Crippen LogP contribution in [0.4, 0.5) is 4.79 Å². The maximum absolute atomic E-state index is 12.0. The van der Waals surface area contributed by atoms with Crippen molar-refractivity contribution in [3.8, 4) is 0 Å². The molecule has 18 heavy (non-hydrogen) atoms. The van der Waals surface area contributed by atoms with E-state index >= 15 is 0 Å². The molecule has 2 N–H and O–H groups in total. The zero-order valence-electron chi connectivity index (χ0n) is 11.6. The third-order valence-corrected chi connectivity index (χ3v) is 5.35. The molecule has 1 unspecified atom stereocenters. The van der Waals surface area contributed by atoms with E-state index < -0.39 is 5.60 Å².